The van der Waals surface area contributed by atoms with Crippen molar-refractivity contribution < 1.29 is 8.42 Å². The maximum Gasteiger partial charge on any atom is 0.201 e. The minimum absolute atomic E-state index is 0.0552. The van der Waals surface area contributed by atoms with Crippen LogP contribution >= 0.6 is 0 Å². The molecule has 0 radical (unpaired) electrons. The van der Waals surface area contributed by atoms with Crippen molar-refractivity contribution in [1.82, 2.24) is 4.90 Å². The molecule has 1 fully saturated rings. The molecule has 3 aromatic carbocycles. The number of piperidine rings is 1. The van der Waals surface area contributed by atoms with Crippen molar-refractivity contribution in [3.05, 3.63) is 101 Å². The summed E-state index contributed by atoms with van der Waals surface area (Å²) < 4.78 is 29.9. The average Bonchev–Trinajstić information content (AvgIpc) is 2.96. The van der Waals surface area contributed by atoms with Gasteiger partial charge in [-0.2, -0.15) is 0 Å². The molecule has 222 valence electrons. The lowest BCUT2D eigenvalue weighted by Crippen LogP contribution is -2.48. The molecule has 3 aromatic rings. The number of nitrogens with two attached hydrogens (primary N) is 1. The molecule has 0 aromatic heterocycles. The van der Waals surface area contributed by atoms with Gasteiger partial charge < -0.3 is 10.6 Å². The molecular formula is C36H50N2O2S. The molecule has 0 amide bonds. The zero-order valence-corrected chi connectivity index (χ0v) is 26.8. The first-order valence-electron chi connectivity index (χ1n) is 15.5. The summed E-state index contributed by atoms with van der Waals surface area (Å²) in [5.41, 5.74) is 12.2. The Hall–Kier alpha value is -2.47. The standard InChI is InChI=1S/C36H50N2O2S/c1-26(2)31-24-33(27(3)4)35(34(25-31)28(5)6)41(39,40)36(37,32-15-11-8-12-16-32)19-22-38-20-17-30(18-21-38)23-29-13-9-7-10-14-29/h7-16,24-28,30H,17-23,37H2,1-6H3. The molecule has 1 saturated heterocycles. The zero-order valence-electron chi connectivity index (χ0n) is 25.9. The van der Waals surface area contributed by atoms with Crippen LogP contribution in [0, 0.1) is 5.92 Å². The number of hydrogen-bond acceptors (Lipinski definition) is 4. The van der Waals surface area contributed by atoms with Crippen LogP contribution in [0.5, 0.6) is 0 Å². The zero-order chi connectivity index (χ0) is 29.8. The van der Waals surface area contributed by atoms with Gasteiger partial charge in [-0.25, -0.2) is 8.42 Å². The summed E-state index contributed by atoms with van der Waals surface area (Å²) in [4.78, 5) is 1.33. The highest BCUT2D eigenvalue weighted by atomic mass is 32.2. The first-order chi connectivity index (χ1) is 19.4. The fraction of sp³-hybridized carbons (Fsp3) is 0.500. The fourth-order valence-corrected chi connectivity index (χ4v) is 8.60. The largest absolute Gasteiger partial charge is 0.308 e. The number of nitrogens with zero attached hydrogens (tertiary/aromatic N) is 1. The van der Waals surface area contributed by atoms with Gasteiger partial charge in [0.2, 0.25) is 9.84 Å². The summed E-state index contributed by atoms with van der Waals surface area (Å²) in [7, 11) is -3.95. The van der Waals surface area contributed by atoms with Crippen LogP contribution in [0.2, 0.25) is 0 Å². The molecule has 1 aliphatic heterocycles. The van der Waals surface area contributed by atoms with Gasteiger partial charge in [0, 0.05) is 6.54 Å². The molecule has 4 rings (SSSR count). The van der Waals surface area contributed by atoms with E-state index < -0.39 is 14.7 Å². The highest BCUT2D eigenvalue weighted by molar-refractivity contribution is 7.92. The van der Waals surface area contributed by atoms with Crippen LogP contribution in [0.3, 0.4) is 0 Å². The van der Waals surface area contributed by atoms with Crippen molar-refractivity contribution >= 4 is 9.84 Å². The molecule has 1 unspecified atom stereocenters. The highest BCUT2D eigenvalue weighted by Gasteiger charge is 2.45. The van der Waals surface area contributed by atoms with Crippen molar-refractivity contribution in [3.8, 4) is 0 Å². The van der Waals surface area contributed by atoms with E-state index in [2.05, 4.69) is 88.9 Å². The van der Waals surface area contributed by atoms with Gasteiger partial charge in [-0.05, 0) is 90.3 Å². The summed E-state index contributed by atoms with van der Waals surface area (Å²) in [6, 6.07) is 24.4. The summed E-state index contributed by atoms with van der Waals surface area (Å²) in [5.74, 6) is 1.08. The van der Waals surface area contributed by atoms with Gasteiger partial charge >= 0.3 is 0 Å². The second kappa shape index (κ2) is 13.2. The maximum absolute atomic E-state index is 15.0. The Morgan fingerprint density at radius 1 is 0.805 bits per heavy atom. The smallest absolute Gasteiger partial charge is 0.201 e. The third kappa shape index (κ3) is 6.96. The van der Waals surface area contributed by atoms with Crippen molar-refractivity contribution in [2.24, 2.45) is 11.7 Å². The van der Waals surface area contributed by atoms with E-state index in [1.165, 1.54) is 11.1 Å². The predicted molar refractivity (Wildman–Crippen MR) is 172 cm³/mol. The monoisotopic (exact) mass is 574 g/mol. The van der Waals surface area contributed by atoms with E-state index in [0.29, 0.717) is 35.3 Å². The van der Waals surface area contributed by atoms with Gasteiger partial charge in [0.15, 0.2) is 4.87 Å². The minimum atomic E-state index is -3.95. The Morgan fingerprint density at radius 2 is 1.32 bits per heavy atom. The SMILES string of the molecule is CC(C)c1cc(C(C)C)c(S(=O)(=O)C(N)(CCN2CCC(Cc3ccccc3)CC2)c2ccccc2)c(C(C)C)c1. The van der Waals surface area contributed by atoms with Gasteiger partial charge in [-0.1, -0.05) is 114 Å². The van der Waals surface area contributed by atoms with Crippen LogP contribution in [0.15, 0.2) is 77.7 Å². The maximum atomic E-state index is 15.0. The van der Waals surface area contributed by atoms with Crippen LogP contribution in [-0.4, -0.2) is 33.0 Å². The second-order valence-electron chi connectivity index (χ2n) is 13.0. The number of rotatable bonds is 11. The van der Waals surface area contributed by atoms with E-state index in [-0.39, 0.29) is 11.8 Å². The third-order valence-corrected chi connectivity index (χ3v) is 11.4. The van der Waals surface area contributed by atoms with E-state index in [1.807, 2.05) is 30.3 Å². The molecule has 0 saturated carbocycles. The number of hydrogen-bond donors (Lipinski definition) is 1. The number of sulfone groups is 1. The van der Waals surface area contributed by atoms with Gasteiger partial charge in [0.1, 0.15) is 0 Å². The Bertz CT molecular complexity index is 1350. The fourth-order valence-electron chi connectivity index (χ4n) is 6.22. The van der Waals surface area contributed by atoms with E-state index in [9.17, 15) is 8.42 Å². The van der Waals surface area contributed by atoms with Gasteiger partial charge in [0.25, 0.3) is 0 Å². The molecule has 0 bridgehead atoms. The van der Waals surface area contributed by atoms with E-state index in [4.69, 9.17) is 5.73 Å². The average molecular weight is 575 g/mol. The summed E-state index contributed by atoms with van der Waals surface area (Å²) in [5, 5.41) is 0. The molecule has 2 N–H and O–H groups in total. The van der Waals surface area contributed by atoms with Gasteiger partial charge in [0.05, 0.1) is 4.90 Å². The Labute approximate surface area is 249 Å². The Kier molecular flexibility index (Phi) is 10.2. The van der Waals surface area contributed by atoms with Crippen molar-refractivity contribution in [3.63, 3.8) is 0 Å². The third-order valence-electron chi connectivity index (χ3n) is 8.96. The summed E-state index contributed by atoms with van der Waals surface area (Å²) in [6.07, 6.45) is 3.70. The quantitative estimate of drug-likeness (QED) is 0.252. The van der Waals surface area contributed by atoms with Crippen LogP contribution in [0.25, 0.3) is 0 Å². The number of benzene rings is 3. The highest BCUT2D eigenvalue weighted by Crippen LogP contribution is 2.42. The summed E-state index contributed by atoms with van der Waals surface area (Å²) >= 11 is 0. The minimum Gasteiger partial charge on any atom is -0.308 e. The molecule has 0 spiro atoms. The first-order valence-corrected chi connectivity index (χ1v) is 17.0. The van der Waals surface area contributed by atoms with E-state index in [0.717, 1.165) is 43.5 Å². The Morgan fingerprint density at radius 3 is 1.80 bits per heavy atom. The van der Waals surface area contributed by atoms with Crippen LogP contribution < -0.4 is 5.73 Å². The molecule has 1 heterocycles. The topological polar surface area (TPSA) is 63.4 Å². The van der Waals surface area contributed by atoms with Crippen molar-refractivity contribution in [2.75, 3.05) is 19.6 Å². The van der Waals surface area contributed by atoms with Crippen LogP contribution in [-0.2, 0) is 21.1 Å². The normalized spacial score (nSPS) is 16.9. The van der Waals surface area contributed by atoms with Crippen molar-refractivity contribution in [1.29, 1.82) is 0 Å². The predicted octanol–water partition coefficient (Wildman–Crippen LogP) is 7.99. The lowest BCUT2D eigenvalue weighted by atomic mass is 9.89. The molecular weight excluding hydrogens is 524 g/mol. The van der Waals surface area contributed by atoms with E-state index >= 15 is 0 Å². The molecule has 0 aliphatic carbocycles. The molecule has 1 atom stereocenters. The van der Waals surface area contributed by atoms with Crippen molar-refractivity contribution in [2.45, 2.75) is 94.7 Å². The van der Waals surface area contributed by atoms with Gasteiger partial charge in [-0.15, -0.1) is 0 Å². The van der Waals surface area contributed by atoms with Gasteiger partial charge in [-0.3, -0.25) is 0 Å². The lowest BCUT2D eigenvalue weighted by Gasteiger charge is -2.37. The van der Waals surface area contributed by atoms with E-state index in [1.54, 1.807) is 0 Å². The van der Waals surface area contributed by atoms with Crippen LogP contribution in [0.1, 0.15) is 106 Å². The molecule has 1 aliphatic rings. The molecule has 4 nitrogen and oxygen atoms in total. The van der Waals surface area contributed by atoms with Crippen LogP contribution in [0.4, 0.5) is 0 Å². The number of likely N-dealkylation sites (tertiary alicyclic amines) is 1. The second-order valence-corrected chi connectivity index (χ2v) is 15.1. The first kappa shape index (κ1) is 31.5. The lowest BCUT2D eigenvalue weighted by molar-refractivity contribution is 0.176. The summed E-state index contributed by atoms with van der Waals surface area (Å²) in [6.45, 7) is 15.3. The molecule has 5 heteroatoms. The Balaban J connectivity index is 1.66. The molecule has 41 heavy (non-hydrogen) atoms.